The van der Waals surface area contributed by atoms with Crippen LogP contribution in [0.15, 0.2) is 24.4 Å². The second kappa shape index (κ2) is 4.63. The lowest BCUT2D eigenvalue weighted by atomic mass is 10.2. The highest BCUT2D eigenvalue weighted by Crippen LogP contribution is 2.21. The van der Waals surface area contributed by atoms with Crippen molar-refractivity contribution >= 4 is 11.6 Å². The highest BCUT2D eigenvalue weighted by molar-refractivity contribution is 6.31. The fraction of sp³-hybridized carbons (Fsp3) is 0.273. The van der Waals surface area contributed by atoms with E-state index >= 15 is 0 Å². The minimum Gasteiger partial charge on any atom is -0.330 e. The number of hydrogen-bond acceptors (Lipinski definition) is 3. The highest BCUT2D eigenvalue weighted by Gasteiger charge is 2.06. The van der Waals surface area contributed by atoms with Crippen molar-refractivity contribution in [1.29, 1.82) is 0 Å². The van der Waals surface area contributed by atoms with E-state index in [1.807, 2.05) is 31.3 Å². The molecule has 1 aromatic heterocycles. The van der Waals surface area contributed by atoms with E-state index in [1.54, 1.807) is 4.68 Å². The maximum Gasteiger partial charge on any atom is 0.0844 e. The van der Waals surface area contributed by atoms with E-state index in [0.717, 1.165) is 28.4 Å². The van der Waals surface area contributed by atoms with Crippen molar-refractivity contribution in [3.8, 4) is 5.69 Å². The van der Waals surface area contributed by atoms with Crippen LogP contribution >= 0.6 is 11.6 Å². The summed E-state index contributed by atoms with van der Waals surface area (Å²) in [5, 5.41) is 8.83. The molecule has 2 N–H and O–H groups in total. The third-order valence-corrected chi connectivity index (χ3v) is 2.84. The summed E-state index contributed by atoms with van der Waals surface area (Å²) < 4.78 is 1.73. The third kappa shape index (κ3) is 2.08. The van der Waals surface area contributed by atoms with E-state index in [2.05, 4.69) is 10.3 Å². The standard InChI is InChI=1S/C11H13ClN4/c1-8-10(12)3-2-4-11(8)16-7-9(5-6-13)14-15-16/h2-4,7H,5-6,13H2,1H3. The number of hydrogen-bond donors (Lipinski definition) is 1. The summed E-state index contributed by atoms with van der Waals surface area (Å²) in [6, 6.07) is 5.72. The molecular weight excluding hydrogens is 224 g/mol. The molecule has 16 heavy (non-hydrogen) atoms. The van der Waals surface area contributed by atoms with E-state index in [9.17, 15) is 0 Å². The Balaban J connectivity index is 2.39. The first-order chi connectivity index (χ1) is 7.72. The van der Waals surface area contributed by atoms with Gasteiger partial charge in [-0.15, -0.1) is 5.10 Å². The van der Waals surface area contributed by atoms with Gasteiger partial charge in [0, 0.05) is 11.4 Å². The Morgan fingerprint density at radius 1 is 1.44 bits per heavy atom. The fourth-order valence-corrected chi connectivity index (χ4v) is 1.69. The zero-order valence-corrected chi connectivity index (χ0v) is 9.78. The Kier molecular flexibility index (Phi) is 3.22. The number of nitrogens with zero attached hydrogens (tertiary/aromatic N) is 3. The van der Waals surface area contributed by atoms with Gasteiger partial charge < -0.3 is 5.73 Å². The van der Waals surface area contributed by atoms with E-state index in [-0.39, 0.29) is 0 Å². The van der Waals surface area contributed by atoms with Crippen LogP contribution in [0.2, 0.25) is 5.02 Å². The van der Waals surface area contributed by atoms with Crippen LogP contribution in [0.4, 0.5) is 0 Å². The van der Waals surface area contributed by atoms with Gasteiger partial charge in [0.25, 0.3) is 0 Å². The van der Waals surface area contributed by atoms with Gasteiger partial charge in [0.2, 0.25) is 0 Å². The number of halogens is 1. The smallest absolute Gasteiger partial charge is 0.0844 e. The normalized spacial score (nSPS) is 10.7. The van der Waals surface area contributed by atoms with Crippen LogP contribution in [0.1, 0.15) is 11.3 Å². The number of aromatic nitrogens is 3. The molecule has 0 unspecified atom stereocenters. The largest absolute Gasteiger partial charge is 0.330 e. The fourth-order valence-electron chi connectivity index (χ4n) is 1.52. The Morgan fingerprint density at radius 3 is 3.00 bits per heavy atom. The van der Waals surface area contributed by atoms with Crippen molar-refractivity contribution in [2.45, 2.75) is 13.3 Å². The molecule has 4 nitrogen and oxygen atoms in total. The molecule has 0 fully saturated rings. The van der Waals surface area contributed by atoms with Gasteiger partial charge in [0.1, 0.15) is 0 Å². The second-order valence-electron chi connectivity index (χ2n) is 3.58. The molecule has 0 aliphatic rings. The molecular formula is C11H13ClN4. The molecule has 1 heterocycles. The summed E-state index contributed by atoms with van der Waals surface area (Å²) in [5.74, 6) is 0. The van der Waals surface area contributed by atoms with Crippen LogP contribution in [0.25, 0.3) is 5.69 Å². The average Bonchev–Trinajstić information content (AvgIpc) is 2.71. The van der Waals surface area contributed by atoms with Crippen LogP contribution < -0.4 is 5.73 Å². The Bertz CT molecular complexity index is 492. The molecule has 0 amide bonds. The van der Waals surface area contributed by atoms with Gasteiger partial charge in [-0.2, -0.15) is 0 Å². The molecule has 0 spiro atoms. The molecule has 2 aromatic rings. The van der Waals surface area contributed by atoms with E-state index in [0.29, 0.717) is 6.54 Å². The lowest BCUT2D eigenvalue weighted by Gasteiger charge is -2.05. The van der Waals surface area contributed by atoms with Gasteiger partial charge in [-0.3, -0.25) is 0 Å². The van der Waals surface area contributed by atoms with Crippen molar-refractivity contribution in [3.63, 3.8) is 0 Å². The van der Waals surface area contributed by atoms with Gasteiger partial charge in [-0.25, -0.2) is 4.68 Å². The molecule has 2 rings (SSSR count). The summed E-state index contributed by atoms with van der Waals surface area (Å²) >= 11 is 6.05. The van der Waals surface area contributed by atoms with Crippen molar-refractivity contribution in [3.05, 3.63) is 40.7 Å². The lowest BCUT2D eigenvalue weighted by molar-refractivity contribution is 0.791. The van der Waals surface area contributed by atoms with Crippen LogP contribution in [0.3, 0.4) is 0 Å². The minimum absolute atomic E-state index is 0.577. The molecule has 0 aliphatic carbocycles. The molecule has 0 saturated heterocycles. The Labute approximate surface area is 99.0 Å². The van der Waals surface area contributed by atoms with Crippen LogP contribution in [0.5, 0.6) is 0 Å². The zero-order valence-electron chi connectivity index (χ0n) is 9.02. The Hall–Kier alpha value is -1.39. The molecule has 0 aliphatic heterocycles. The van der Waals surface area contributed by atoms with Crippen molar-refractivity contribution in [2.24, 2.45) is 5.73 Å². The molecule has 0 bridgehead atoms. The zero-order chi connectivity index (χ0) is 11.5. The predicted octanol–water partition coefficient (Wildman–Crippen LogP) is 1.73. The van der Waals surface area contributed by atoms with E-state index < -0.39 is 0 Å². The van der Waals surface area contributed by atoms with Gasteiger partial charge >= 0.3 is 0 Å². The summed E-state index contributed by atoms with van der Waals surface area (Å²) in [6.45, 7) is 2.54. The molecule has 0 saturated carbocycles. The number of rotatable bonds is 3. The highest BCUT2D eigenvalue weighted by atomic mass is 35.5. The van der Waals surface area contributed by atoms with Crippen LogP contribution in [-0.2, 0) is 6.42 Å². The summed E-state index contributed by atoms with van der Waals surface area (Å²) in [7, 11) is 0. The van der Waals surface area contributed by atoms with Crippen molar-refractivity contribution < 1.29 is 0 Å². The second-order valence-corrected chi connectivity index (χ2v) is 3.98. The molecule has 84 valence electrons. The minimum atomic E-state index is 0.577. The topological polar surface area (TPSA) is 56.7 Å². The first-order valence-electron chi connectivity index (χ1n) is 5.09. The predicted molar refractivity (Wildman–Crippen MR) is 63.9 cm³/mol. The maximum absolute atomic E-state index is 6.05. The first kappa shape index (κ1) is 11.1. The maximum atomic E-state index is 6.05. The first-order valence-corrected chi connectivity index (χ1v) is 5.47. The van der Waals surface area contributed by atoms with Gasteiger partial charge in [0.05, 0.1) is 17.6 Å². The van der Waals surface area contributed by atoms with E-state index in [1.165, 1.54) is 0 Å². The Morgan fingerprint density at radius 2 is 2.25 bits per heavy atom. The lowest BCUT2D eigenvalue weighted by Crippen LogP contribution is -2.02. The number of benzene rings is 1. The molecule has 0 atom stereocenters. The SMILES string of the molecule is Cc1c(Cl)cccc1-n1cc(CCN)nn1. The van der Waals surface area contributed by atoms with Crippen molar-refractivity contribution in [2.75, 3.05) is 6.54 Å². The monoisotopic (exact) mass is 236 g/mol. The molecule has 5 heteroatoms. The average molecular weight is 237 g/mol. The quantitative estimate of drug-likeness (QED) is 0.883. The molecule has 1 aromatic carbocycles. The summed E-state index contributed by atoms with van der Waals surface area (Å²) in [6.07, 6.45) is 2.62. The van der Waals surface area contributed by atoms with Crippen LogP contribution in [-0.4, -0.2) is 21.5 Å². The number of nitrogens with two attached hydrogens (primary N) is 1. The van der Waals surface area contributed by atoms with Gasteiger partial charge in [-0.1, -0.05) is 22.9 Å². The van der Waals surface area contributed by atoms with Crippen molar-refractivity contribution in [1.82, 2.24) is 15.0 Å². The van der Waals surface area contributed by atoms with E-state index in [4.69, 9.17) is 17.3 Å². The third-order valence-electron chi connectivity index (χ3n) is 2.43. The molecule has 0 radical (unpaired) electrons. The van der Waals surface area contributed by atoms with Crippen LogP contribution in [0, 0.1) is 6.92 Å². The summed E-state index contributed by atoms with van der Waals surface area (Å²) in [4.78, 5) is 0. The van der Waals surface area contributed by atoms with Gasteiger partial charge in [-0.05, 0) is 31.2 Å². The van der Waals surface area contributed by atoms with Gasteiger partial charge in [0.15, 0.2) is 0 Å². The summed E-state index contributed by atoms with van der Waals surface area (Å²) in [5.41, 5.74) is 8.30.